The molecule has 1 aliphatic heterocycles. The molecule has 1 saturated carbocycles. The zero-order chi connectivity index (χ0) is 24.7. The SMILES string of the molecule is N#CC1(NC(=O)NC2C[C@@H](S(=O)(=O)c3ccc(-n4ccncc4=O)cc3C(F)(F)F)CN2)CC1. The van der Waals surface area contributed by atoms with E-state index in [-0.39, 0.29) is 18.7 Å². The molecular weight excluding hydrogens is 477 g/mol. The summed E-state index contributed by atoms with van der Waals surface area (Å²) in [5.41, 5.74) is -3.16. The molecule has 1 unspecified atom stereocenters. The van der Waals surface area contributed by atoms with Crippen molar-refractivity contribution in [3.63, 3.8) is 0 Å². The number of amides is 2. The van der Waals surface area contributed by atoms with Gasteiger partial charge in [0.25, 0.3) is 5.56 Å². The number of urea groups is 1. The van der Waals surface area contributed by atoms with E-state index in [1.807, 2.05) is 6.07 Å². The van der Waals surface area contributed by atoms with Crippen molar-refractivity contribution in [2.24, 2.45) is 0 Å². The third-order valence-corrected chi connectivity index (χ3v) is 7.93. The zero-order valence-corrected chi connectivity index (χ0v) is 18.3. The fraction of sp³-hybridized carbons (Fsp3) is 0.400. The molecule has 1 saturated heterocycles. The van der Waals surface area contributed by atoms with Crippen LogP contribution in [0.3, 0.4) is 0 Å². The van der Waals surface area contributed by atoms with Crippen LogP contribution in [-0.2, 0) is 16.0 Å². The molecule has 2 atom stereocenters. The van der Waals surface area contributed by atoms with Gasteiger partial charge in [0.1, 0.15) is 5.54 Å². The minimum Gasteiger partial charge on any atom is -0.323 e. The van der Waals surface area contributed by atoms with Crippen LogP contribution in [0.25, 0.3) is 5.69 Å². The van der Waals surface area contributed by atoms with Gasteiger partial charge in [0.2, 0.25) is 0 Å². The van der Waals surface area contributed by atoms with Crippen LogP contribution in [0.5, 0.6) is 0 Å². The minimum absolute atomic E-state index is 0.161. The maximum Gasteiger partial charge on any atom is 0.417 e. The Morgan fingerprint density at radius 3 is 2.68 bits per heavy atom. The van der Waals surface area contributed by atoms with Gasteiger partial charge in [-0.1, -0.05) is 0 Å². The summed E-state index contributed by atoms with van der Waals surface area (Å²) in [7, 11) is -4.46. The van der Waals surface area contributed by atoms with Crippen LogP contribution in [0.1, 0.15) is 24.8 Å². The van der Waals surface area contributed by atoms with E-state index >= 15 is 0 Å². The second-order valence-corrected chi connectivity index (χ2v) is 10.3. The summed E-state index contributed by atoms with van der Waals surface area (Å²) in [6.45, 7) is -0.181. The molecule has 2 aromatic rings. The Balaban J connectivity index is 1.57. The first kappa shape index (κ1) is 23.7. The van der Waals surface area contributed by atoms with Gasteiger partial charge in [0, 0.05) is 24.6 Å². The molecule has 180 valence electrons. The largest absolute Gasteiger partial charge is 0.417 e. The number of benzene rings is 1. The molecule has 0 spiro atoms. The molecule has 2 heterocycles. The zero-order valence-electron chi connectivity index (χ0n) is 17.5. The van der Waals surface area contributed by atoms with Gasteiger partial charge < -0.3 is 10.6 Å². The van der Waals surface area contributed by atoms with Crippen LogP contribution in [0.15, 0.2) is 46.5 Å². The molecule has 2 amide bonds. The fourth-order valence-corrected chi connectivity index (χ4v) is 5.59. The molecule has 14 heteroatoms. The lowest BCUT2D eigenvalue weighted by atomic mass is 10.2. The Labute approximate surface area is 191 Å². The number of rotatable bonds is 5. The van der Waals surface area contributed by atoms with Crippen LogP contribution in [0.4, 0.5) is 18.0 Å². The first-order valence-corrected chi connectivity index (χ1v) is 11.7. The summed E-state index contributed by atoms with van der Waals surface area (Å²) in [5.74, 6) is 0. The molecule has 1 aliphatic carbocycles. The minimum atomic E-state index is -5.01. The normalized spacial score (nSPS) is 21.5. The first-order chi connectivity index (χ1) is 15.9. The molecule has 34 heavy (non-hydrogen) atoms. The van der Waals surface area contributed by atoms with Crippen molar-refractivity contribution >= 4 is 15.9 Å². The van der Waals surface area contributed by atoms with Crippen LogP contribution in [0, 0.1) is 11.3 Å². The van der Waals surface area contributed by atoms with Crippen molar-refractivity contribution in [1.82, 2.24) is 25.5 Å². The Morgan fingerprint density at radius 2 is 2.06 bits per heavy atom. The summed E-state index contributed by atoms with van der Waals surface area (Å²) in [4.78, 5) is 26.7. The summed E-state index contributed by atoms with van der Waals surface area (Å²) in [5, 5.41) is 15.6. The summed E-state index contributed by atoms with van der Waals surface area (Å²) >= 11 is 0. The van der Waals surface area contributed by atoms with E-state index in [0.29, 0.717) is 18.9 Å². The van der Waals surface area contributed by atoms with Crippen LogP contribution in [0.2, 0.25) is 0 Å². The molecule has 1 aromatic heterocycles. The standard InChI is InChI=1S/C20H19F3N6O4S/c21-20(22,23)14-7-12(29-6-5-25-10-17(29)30)1-2-15(14)34(32,33)13-8-16(26-9-13)27-18(31)28-19(11-24)3-4-19/h1-2,5-7,10,13,16,26H,3-4,8-9H2,(H2,27,28,31)/t13-,16?/m1/s1. The number of sulfone groups is 1. The van der Waals surface area contributed by atoms with Crippen LogP contribution in [-0.4, -0.2) is 47.5 Å². The lowest BCUT2D eigenvalue weighted by molar-refractivity contribution is -0.139. The van der Waals surface area contributed by atoms with E-state index in [1.165, 1.54) is 12.4 Å². The highest BCUT2D eigenvalue weighted by Gasteiger charge is 2.46. The van der Waals surface area contributed by atoms with E-state index in [9.17, 15) is 31.2 Å². The Hall–Kier alpha value is -3.44. The van der Waals surface area contributed by atoms with Crippen molar-refractivity contribution < 1.29 is 26.4 Å². The number of hydrogen-bond donors (Lipinski definition) is 3. The van der Waals surface area contributed by atoms with Gasteiger partial charge in [-0.15, -0.1) is 0 Å². The number of aromatic nitrogens is 2. The maximum absolute atomic E-state index is 13.8. The molecule has 0 bridgehead atoms. The van der Waals surface area contributed by atoms with E-state index < -0.39 is 55.0 Å². The van der Waals surface area contributed by atoms with Gasteiger partial charge in [-0.2, -0.15) is 18.4 Å². The average molecular weight is 496 g/mol. The van der Waals surface area contributed by atoms with E-state index in [0.717, 1.165) is 22.9 Å². The topological polar surface area (TPSA) is 146 Å². The highest BCUT2D eigenvalue weighted by Crippen LogP contribution is 2.38. The second kappa shape index (κ2) is 8.41. The number of carbonyl (C=O) groups is 1. The molecule has 2 aliphatic rings. The van der Waals surface area contributed by atoms with Crippen molar-refractivity contribution in [2.45, 2.75) is 47.3 Å². The summed E-state index contributed by atoms with van der Waals surface area (Å²) < 4.78 is 68.7. The predicted octanol–water partition coefficient (Wildman–Crippen LogP) is 1.07. The van der Waals surface area contributed by atoms with Gasteiger partial charge in [0.05, 0.1) is 34.1 Å². The summed E-state index contributed by atoms with van der Waals surface area (Å²) in [6.07, 6.45) is -1.65. The third-order valence-electron chi connectivity index (χ3n) is 5.73. The number of nitriles is 1. The maximum atomic E-state index is 13.8. The lowest BCUT2D eigenvalue weighted by Gasteiger charge is -2.18. The molecule has 10 nitrogen and oxygen atoms in total. The Bertz CT molecular complexity index is 1330. The Kier molecular flexibility index (Phi) is 5.86. The van der Waals surface area contributed by atoms with E-state index in [2.05, 4.69) is 20.9 Å². The quantitative estimate of drug-likeness (QED) is 0.561. The van der Waals surface area contributed by atoms with Gasteiger partial charge in [-0.3, -0.25) is 19.7 Å². The predicted molar refractivity (Wildman–Crippen MR) is 111 cm³/mol. The van der Waals surface area contributed by atoms with Gasteiger partial charge in [-0.05, 0) is 37.5 Å². The highest BCUT2D eigenvalue weighted by atomic mass is 32.2. The van der Waals surface area contributed by atoms with Crippen molar-refractivity contribution in [1.29, 1.82) is 5.26 Å². The molecule has 0 radical (unpaired) electrons. The lowest BCUT2D eigenvalue weighted by Crippen LogP contribution is -2.49. The van der Waals surface area contributed by atoms with Gasteiger partial charge in [-0.25, -0.2) is 13.2 Å². The highest BCUT2D eigenvalue weighted by molar-refractivity contribution is 7.92. The average Bonchev–Trinajstić information content (AvgIpc) is 3.38. The monoisotopic (exact) mass is 496 g/mol. The van der Waals surface area contributed by atoms with Crippen molar-refractivity contribution in [2.75, 3.05) is 6.54 Å². The Morgan fingerprint density at radius 1 is 1.32 bits per heavy atom. The van der Waals surface area contributed by atoms with Crippen LogP contribution >= 0.6 is 0 Å². The molecule has 3 N–H and O–H groups in total. The van der Waals surface area contributed by atoms with Gasteiger partial charge in [0.15, 0.2) is 9.84 Å². The molecule has 4 rings (SSSR count). The number of nitrogens with one attached hydrogen (secondary N) is 3. The van der Waals surface area contributed by atoms with Crippen molar-refractivity contribution in [3.8, 4) is 11.8 Å². The first-order valence-electron chi connectivity index (χ1n) is 10.2. The van der Waals surface area contributed by atoms with Crippen molar-refractivity contribution in [3.05, 3.63) is 52.7 Å². The number of alkyl halides is 3. The number of nitrogens with zero attached hydrogens (tertiary/aromatic N) is 3. The molecular formula is C20H19F3N6O4S. The number of carbonyl (C=O) groups excluding carboxylic acids is 1. The van der Waals surface area contributed by atoms with Crippen LogP contribution < -0.4 is 21.5 Å². The number of halogens is 3. The molecule has 1 aromatic carbocycles. The number of hydrogen-bond acceptors (Lipinski definition) is 7. The third kappa shape index (κ3) is 4.62. The fourth-order valence-electron chi connectivity index (χ4n) is 3.73. The summed E-state index contributed by atoms with van der Waals surface area (Å²) in [6, 6.07) is 3.87. The smallest absolute Gasteiger partial charge is 0.323 e. The van der Waals surface area contributed by atoms with Gasteiger partial charge >= 0.3 is 12.2 Å². The van der Waals surface area contributed by atoms with E-state index in [4.69, 9.17) is 5.26 Å². The second-order valence-electron chi connectivity index (χ2n) is 8.12. The molecule has 2 fully saturated rings. The van der Waals surface area contributed by atoms with E-state index in [1.54, 1.807) is 0 Å².